The van der Waals surface area contributed by atoms with Crippen LogP contribution in [0.15, 0.2) is 57.5 Å². The summed E-state index contributed by atoms with van der Waals surface area (Å²) >= 11 is 7.64. The fourth-order valence-electron chi connectivity index (χ4n) is 4.48. The highest BCUT2D eigenvalue weighted by molar-refractivity contribution is 9.11. The zero-order valence-corrected chi connectivity index (χ0v) is 23.0. The number of hydrogen-bond donors (Lipinski definition) is 0. The second-order valence-electron chi connectivity index (χ2n) is 8.29. The first kappa shape index (κ1) is 24.9. The lowest BCUT2D eigenvalue weighted by molar-refractivity contribution is 0.226. The minimum Gasteiger partial charge on any atom is -0.493 e. The summed E-state index contributed by atoms with van der Waals surface area (Å²) < 4.78 is 25.0. The lowest BCUT2D eigenvalue weighted by Crippen LogP contribution is -2.34. The standard InChI is InChI=1S/C27H29Br2NO4/c1-30-13-12-18-15-22(32-3)26(33-4)25(29)23(18)20(30)14-19-10-11-21(31-2)27(24(19)28)34-16-17-8-6-5-7-9-17/h5-11,15,20H,12-14,16H2,1-4H3. The second kappa shape index (κ2) is 11.0. The van der Waals surface area contributed by atoms with Crippen molar-refractivity contribution < 1.29 is 18.9 Å². The van der Waals surface area contributed by atoms with Gasteiger partial charge in [-0.15, -0.1) is 0 Å². The smallest absolute Gasteiger partial charge is 0.176 e. The van der Waals surface area contributed by atoms with E-state index in [0.29, 0.717) is 18.1 Å². The van der Waals surface area contributed by atoms with Crippen molar-refractivity contribution in [3.05, 3.63) is 79.7 Å². The van der Waals surface area contributed by atoms with Crippen LogP contribution < -0.4 is 18.9 Å². The summed E-state index contributed by atoms with van der Waals surface area (Å²) in [6.45, 7) is 1.43. The van der Waals surface area contributed by atoms with Gasteiger partial charge in [0.15, 0.2) is 23.0 Å². The Bertz CT molecular complexity index is 1150. The van der Waals surface area contributed by atoms with Crippen molar-refractivity contribution in [3.8, 4) is 23.0 Å². The summed E-state index contributed by atoms with van der Waals surface area (Å²) in [6.07, 6.45) is 1.75. The quantitative estimate of drug-likeness (QED) is 0.296. The van der Waals surface area contributed by atoms with Crippen LogP contribution in [0.2, 0.25) is 0 Å². The predicted molar refractivity (Wildman–Crippen MR) is 141 cm³/mol. The van der Waals surface area contributed by atoms with Gasteiger partial charge >= 0.3 is 0 Å². The molecule has 0 bridgehead atoms. The molecule has 0 fully saturated rings. The molecule has 1 heterocycles. The van der Waals surface area contributed by atoms with Crippen molar-refractivity contribution >= 4 is 31.9 Å². The van der Waals surface area contributed by atoms with Gasteiger partial charge in [-0.2, -0.15) is 0 Å². The van der Waals surface area contributed by atoms with Crippen LogP contribution in [0.5, 0.6) is 23.0 Å². The molecule has 0 saturated heterocycles. The molecular weight excluding hydrogens is 562 g/mol. The SMILES string of the molecule is COc1ccc(CC2c3c(cc(OC)c(OC)c3Br)CCN2C)c(Br)c1OCc1ccccc1. The molecule has 180 valence electrons. The van der Waals surface area contributed by atoms with Gasteiger partial charge in [0.2, 0.25) is 0 Å². The highest BCUT2D eigenvalue weighted by Crippen LogP contribution is 2.47. The van der Waals surface area contributed by atoms with Crippen molar-refractivity contribution in [2.45, 2.75) is 25.5 Å². The Morgan fingerprint density at radius 3 is 2.29 bits per heavy atom. The molecule has 0 amide bonds. The van der Waals surface area contributed by atoms with Gasteiger partial charge in [0.25, 0.3) is 0 Å². The molecule has 1 unspecified atom stereocenters. The highest BCUT2D eigenvalue weighted by Gasteiger charge is 2.31. The van der Waals surface area contributed by atoms with Crippen LogP contribution in [0.3, 0.4) is 0 Å². The Morgan fingerprint density at radius 1 is 0.882 bits per heavy atom. The molecule has 3 aromatic carbocycles. The number of fused-ring (bicyclic) bond motifs is 1. The van der Waals surface area contributed by atoms with Gasteiger partial charge < -0.3 is 18.9 Å². The van der Waals surface area contributed by atoms with Crippen molar-refractivity contribution in [3.63, 3.8) is 0 Å². The summed E-state index contributed by atoms with van der Waals surface area (Å²) in [4.78, 5) is 2.39. The molecular formula is C27H29Br2NO4. The minimum absolute atomic E-state index is 0.157. The van der Waals surface area contributed by atoms with Crippen molar-refractivity contribution in [1.82, 2.24) is 4.90 Å². The first-order chi connectivity index (χ1) is 16.5. The van der Waals surface area contributed by atoms with Gasteiger partial charge in [-0.3, -0.25) is 4.90 Å². The van der Waals surface area contributed by atoms with Gasteiger partial charge in [-0.05, 0) is 86.1 Å². The summed E-state index contributed by atoms with van der Waals surface area (Å²) in [7, 11) is 7.18. The summed E-state index contributed by atoms with van der Waals surface area (Å²) in [5.74, 6) is 2.89. The number of rotatable bonds is 8. The zero-order chi connectivity index (χ0) is 24.2. The molecule has 1 atom stereocenters. The fourth-order valence-corrected chi connectivity index (χ4v) is 5.96. The maximum absolute atomic E-state index is 6.23. The first-order valence-electron chi connectivity index (χ1n) is 11.1. The molecule has 4 rings (SSSR count). The Labute approximate surface area is 218 Å². The fraction of sp³-hybridized carbons (Fsp3) is 0.333. The average molecular weight is 591 g/mol. The lowest BCUT2D eigenvalue weighted by atomic mass is 9.88. The normalized spacial score (nSPS) is 15.5. The van der Waals surface area contributed by atoms with E-state index in [9.17, 15) is 0 Å². The van der Waals surface area contributed by atoms with Gasteiger partial charge in [-0.1, -0.05) is 36.4 Å². The third kappa shape index (κ3) is 4.92. The van der Waals surface area contributed by atoms with E-state index in [1.165, 1.54) is 11.1 Å². The molecule has 1 aliphatic heterocycles. The monoisotopic (exact) mass is 589 g/mol. The number of hydrogen-bond acceptors (Lipinski definition) is 5. The highest BCUT2D eigenvalue weighted by atomic mass is 79.9. The molecule has 0 N–H and O–H groups in total. The number of halogens is 2. The maximum atomic E-state index is 6.23. The Balaban J connectivity index is 1.69. The van der Waals surface area contributed by atoms with Gasteiger partial charge in [0.05, 0.1) is 30.3 Å². The van der Waals surface area contributed by atoms with Crippen molar-refractivity contribution in [2.75, 3.05) is 34.9 Å². The van der Waals surface area contributed by atoms with E-state index in [4.69, 9.17) is 18.9 Å². The van der Waals surface area contributed by atoms with Crippen molar-refractivity contribution in [1.29, 1.82) is 0 Å². The summed E-state index contributed by atoms with van der Waals surface area (Å²) in [5, 5.41) is 0. The molecule has 3 aromatic rings. The lowest BCUT2D eigenvalue weighted by Gasteiger charge is -2.36. The topological polar surface area (TPSA) is 40.2 Å². The second-order valence-corrected chi connectivity index (χ2v) is 9.88. The molecule has 0 aromatic heterocycles. The first-order valence-corrected chi connectivity index (χ1v) is 12.7. The Hall–Kier alpha value is -2.22. The number of methoxy groups -OCH3 is 3. The van der Waals surface area contributed by atoms with Gasteiger partial charge in [0, 0.05) is 12.6 Å². The third-order valence-electron chi connectivity index (χ3n) is 6.33. The van der Waals surface area contributed by atoms with E-state index in [1.54, 1.807) is 21.3 Å². The largest absolute Gasteiger partial charge is 0.493 e. The van der Waals surface area contributed by atoms with E-state index in [1.807, 2.05) is 24.3 Å². The van der Waals surface area contributed by atoms with Crippen LogP contribution >= 0.6 is 31.9 Å². The number of benzene rings is 3. The van der Waals surface area contributed by atoms with Crippen LogP contribution in [-0.4, -0.2) is 39.8 Å². The molecule has 5 nitrogen and oxygen atoms in total. The maximum Gasteiger partial charge on any atom is 0.176 e. The van der Waals surface area contributed by atoms with Gasteiger partial charge in [0.1, 0.15) is 6.61 Å². The van der Waals surface area contributed by atoms with Crippen molar-refractivity contribution in [2.24, 2.45) is 0 Å². The minimum atomic E-state index is 0.157. The van der Waals surface area contributed by atoms with E-state index in [0.717, 1.165) is 51.0 Å². The van der Waals surface area contributed by atoms with Crippen LogP contribution in [-0.2, 0) is 19.4 Å². The average Bonchev–Trinajstić information content (AvgIpc) is 2.86. The van der Waals surface area contributed by atoms with E-state index < -0.39 is 0 Å². The molecule has 7 heteroatoms. The Morgan fingerprint density at radius 2 is 1.62 bits per heavy atom. The van der Waals surface area contributed by atoms with Gasteiger partial charge in [-0.25, -0.2) is 0 Å². The van der Waals surface area contributed by atoms with Crippen LogP contribution in [0.25, 0.3) is 0 Å². The molecule has 0 aliphatic carbocycles. The molecule has 34 heavy (non-hydrogen) atoms. The predicted octanol–water partition coefficient (Wildman–Crippen LogP) is 6.59. The van der Waals surface area contributed by atoms with E-state index >= 15 is 0 Å². The Kier molecular flexibility index (Phi) is 8.06. The van der Waals surface area contributed by atoms with E-state index in [2.05, 4.69) is 68.1 Å². The number of likely N-dealkylation sites (N-methyl/N-ethyl adjacent to an activating group) is 1. The molecule has 1 aliphatic rings. The van der Waals surface area contributed by atoms with E-state index in [-0.39, 0.29) is 6.04 Å². The summed E-state index contributed by atoms with van der Waals surface area (Å²) in [5.41, 5.74) is 4.77. The number of nitrogens with zero attached hydrogens (tertiary/aromatic N) is 1. The van der Waals surface area contributed by atoms with Crippen LogP contribution in [0, 0.1) is 0 Å². The van der Waals surface area contributed by atoms with Crippen LogP contribution in [0.4, 0.5) is 0 Å². The van der Waals surface area contributed by atoms with Crippen LogP contribution in [0.1, 0.15) is 28.3 Å². The zero-order valence-electron chi connectivity index (χ0n) is 19.9. The third-order valence-corrected chi connectivity index (χ3v) is 7.99. The number of ether oxygens (including phenoxy) is 4. The summed E-state index contributed by atoms with van der Waals surface area (Å²) in [6, 6.07) is 16.5. The molecule has 0 radical (unpaired) electrons. The molecule has 0 spiro atoms. The molecule has 0 saturated carbocycles.